The molecule has 1 aliphatic rings. The second kappa shape index (κ2) is 6.36. The number of nitrogens with two attached hydrogens (primary N) is 1. The predicted molar refractivity (Wildman–Crippen MR) is 88.1 cm³/mol. The molecule has 3 atom stereocenters. The highest BCUT2D eigenvalue weighted by atomic mass is 79.9. The van der Waals surface area contributed by atoms with Gasteiger partial charge in [0.2, 0.25) is 0 Å². The molecule has 118 valence electrons. The van der Waals surface area contributed by atoms with E-state index in [1.165, 1.54) is 0 Å². The molecule has 0 radical (unpaired) electrons. The molecule has 0 saturated heterocycles. The Kier molecular flexibility index (Phi) is 5.13. The van der Waals surface area contributed by atoms with Crippen molar-refractivity contribution in [2.45, 2.75) is 25.0 Å². The van der Waals surface area contributed by atoms with Crippen LogP contribution in [0, 0.1) is 5.41 Å². The van der Waals surface area contributed by atoms with Gasteiger partial charge in [0.1, 0.15) is 0 Å². The number of sulfone groups is 1. The van der Waals surface area contributed by atoms with Gasteiger partial charge in [0, 0.05) is 34.7 Å². The fourth-order valence-electron chi connectivity index (χ4n) is 3.14. The van der Waals surface area contributed by atoms with Crippen molar-refractivity contribution in [3.63, 3.8) is 0 Å². The van der Waals surface area contributed by atoms with Crippen LogP contribution in [0.15, 0.2) is 28.7 Å². The smallest absolute Gasteiger partial charge is 0.154 e. The van der Waals surface area contributed by atoms with Gasteiger partial charge in [-0.2, -0.15) is 0 Å². The zero-order chi connectivity index (χ0) is 15.7. The lowest BCUT2D eigenvalue weighted by molar-refractivity contribution is 0.101. The predicted octanol–water partition coefficient (Wildman–Crippen LogP) is 2.33. The van der Waals surface area contributed by atoms with E-state index in [9.17, 15) is 8.42 Å². The standard InChI is InChI=1S/C15H22BrNO3S/c1-3-20-10-15(9-17)13(14(15)21(18,19)4-2)11-5-7-12(16)8-6-11/h5-8,13-14H,3-4,9-10,17H2,1-2H3/t13-,14-,15-/m1/s1. The van der Waals surface area contributed by atoms with Gasteiger partial charge in [-0.25, -0.2) is 8.42 Å². The topological polar surface area (TPSA) is 69.4 Å². The molecule has 1 saturated carbocycles. The Morgan fingerprint density at radius 2 is 1.90 bits per heavy atom. The third kappa shape index (κ3) is 3.04. The molecule has 0 aromatic heterocycles. The first-order chi connectivity index (χ1) is 9.93. The van der Waals surface area contributed by atoms with Crippen molar-refractivity contribution in [1.29, 1.82) is 0 Å². The monoisotopic (exact) mass is 375 g/mol. The van der Waals surface area contributed by atoms with Crippen molar-refractivity contribution in [2.24, 2.45) is 11.1 Å². The average Bonchev–Trinajstić information content (AvgIpc) is 3.16. The van der Waals surface area contributed by atoms with Gasteiger partial charge in [-0.3, -0.25) is 0 Å². The Bertz CT molecular complexity index is 587. The van der Waals surface area contributed by atoms with Crippen LogP contribution >= 0.6 is 15.9 Å². The molecular weight excluding hydrogens is 354 g/mol. The van der Waals surface area contributed by atoms with Gasteiger partial charge in [-0.15, -0.1) is 0 Å². The summed E-state index contributed by atoms with van der Waals surface area (Å²) in [5, 5.41) is -0.437. The molecule has 2 N–H and O–H groups in total. The third-order valence-electron chi connectivity index (χ3n) is 4.35. The summed E-state index contributed by atoms with van der Waals surface area (Å²) in [6, 6.07) is 7.81. The van der Waals surface area contributed by atoms with Crippen LogP contribution in [-0.4, -0.2) is 39.2 Å². The van der Waals surface area contributed by atoms with Gasteiger partial charge in [-0.05, 0) is 24.6 Å². The summed E-state index contributed by atoms with van der Waals surface area (Å²) in [4.78, 5) is 0. The lowest BCUT2D eigenvalue weighted by Crippen LogP contribution is -2.29. The van der Waals surface area contributed by atoms with Gasteiger partial charge in [0.15, 0.2) is 9.84 Å². The number of rotatable bonds is 7. The van der Waals surface area contributed by atoms with Gasteiger partial charge in [0.25, 0.3) is 0 Å². The molecule has 1 aliphatic carbocycles. The molecule has 2 rings (SSSR count). The minimum absolute atomic E-state index is 0.0768. The van der Waals surface area contributed by atoms with Crippen LogP contribution in [0.5, 0.6) is 0 Å². The summed E-state index contributed by atoms with van der Waals surface area (Å²) in [6.07, 6.45) is 0. The number of halogens is 1. The lowest BCUT2D eigenvalue weighted by Gasteiger charge is -2.15. The molecular formula is C15H22BrNO3S. The van der Waals surface area contributed by atoms with Crippen molar-refractivity contribution < 1.29 is 13.2 Å². The molecule has 1 aromatic carbocycles. The fraction of sp³-hybridized carbons (Fsp3) is 0.600. The van der Waals surface area contributed by atoms with Crippen molar-refractivity contribution >= 4 is 25.8 Å². The van der Waals surface area contributed by atoms with Gasteiger partial charge in [0.05, 0.1) is 11.9 Å². The number of hydrogen-bond acceptors (Lipinski definition) is 4. The summed E-state index contributed by atoms with van der Waals surface area (Å²) in [5.74, 6) is 0.0607. The summed E-state index contributed by atoms with van der Waals surface area (Å²) in [5.41, 5.74) is 6.49. The summed E-state index contributed by atoms with van der Waals surface area (Å²) < 4.78 is 31.4. The third-order valence-corrected chi connectivity index (χ3v) is 7.20. The van der Waals surface area contributed by atoms with Gasteiger partial charge < -0.3 is 10.5 Å². The molecule has 0 aliphatic heterocycles. The highest BCUT2D eigenvalue weighted by Gasteiger charge is 2.69. The normalized spacial score (nSPS) is 28.6. The largest absolute Gasteiger partial charge is 0.381 e. The highest BCUT2D eigenvalue weighted by Crippen LogP contribution is 2.62. The van der Waals surface area contributed by atoms with E-state index in [1.807, 2.05) is 31.2 Å². The highest BCUT2D eigenvalue weighted by molar-refractivity contribution is 9.10. The Balaban J connectivity index is 2.38. The first kappa shape index (κ1) is 16.9. The molecule has 0 bridgehead atoms. The van der Waals surface area contributed by atoms with E-state index in [4.69, 9.17) is 10.5 Å². The maximum Gasteiger partial charge on any atom is 0.154 e. The van der Waals surface area contributed by atoms with Crippen LogP contribution < -0.4 is 5.73 Å². The van der Waals surface area contributed by atoms with E-state index in [0.717, 1.165) is 10.0 Å². The maximum absolute atomic E-state index is 12.4. The van der Waals surface area contributed by atoms with Crippen molar-refractivity contribution in [3.05, 3.63) is 34.3 Å². The molecule has 0 heterocycles. The number of ether oxygens (including phenoxy) is 1. The van der Waals surface area contributed by atoms with Crippen LogP contribution in [0.2, 0.25) is 0 Å². The second-order valence-electron chi connectivity index (χ2n) is 5.48. The second-order valence-corrected chi connectivity index (χ2v) is 8.80. The molecule has 0 unspecified atom stereocenters. The molecule has 21 heavy (non-hydrogen) atoms. The molecule has 1 fully saturated rings. The molecule has 0 amide bonds. The SMILES string of the molecule is CCOC[C@]1(CN)[C@H](c2ccc(Br)cc2)[C@H]1S(=O)(=O)CC. The van der Waals surface area contributed by atoms with Crippen LogP contribution in [0.1, 0.15) is 25.3 Å². The summed E-state index contributed by atoms with van der Waals surface area (Å²) in [7, 11) is -3.15. The minimum atomic E-state index is -3.15. The van der Waals surface area contributed by atoms with Crippen molar-refractivity contribution in [2.75, 3.05) is 25.5 Å². The van der Waals surface area contributed by atoms with Crippen LogP contribution in [0.4, 0.5) is 0 Å². The van der Waals surface area contributed by atoms with Crippen LogP contribution in [0.25, 0.3) is 0 Å². The Labute approximate surface area is 135 Å². The van der Waals surface area contributed by atoms with E-state index < -0.39 is 20.5 Å². The molecule has 1 aromatic rings. The Morgan fingerprint density at radius 1 is 1.29 bits per heavy atom. The average molecular weight is 376 g/mol. The molecule has 4 nitrogen and oxygen atoms in total. The molecule has 6 heteroatoms. The number of benzene rings is 1. The minimum Gasteiger partial charge on any atom is -0.381 e. The van der Waals surface area contributed by atoms with Gasteiger partial charge in [-0.1, -0.05) is 35.0 Å². The van der Waals surface area contributed by atoms with E-state index in [2.05, 4.69) is 15.9 Å². The fourth-order valence-corrected chi connectivity index (χ4v) is 5.55. The first-order valence-corrected chi connectivity index (χ1v) is 9.68. The van der Waals surface area contributed by atoms with Crippen molar-refractivity contribution in [1.82, 2.24) is 0 Å². The van der Waals surface area contributed by atoms with E-state index in [-0.39, 0.29) is 11.7 Å². The summed E-state index contributed by atoms with van der Waals surface area (Å²) >= 11 is 3.40. The number of hydrogen-bond donors (Lipinski definition) is 1. The van der Waals surface area contributed by atoms with E-state index in [0.29, 0.717) is 19.8 Å². The van der Waals surface area contributed by atoms with E-state index in [1.54, 1.807) is 6.92 Å². The molecule has 0 spiro atoms. The lowest BCUT2D eigenvalue weighted by atomic mass is 10.00. The maximum atomic E-state index is 12.4. The Morgan fingerprint density at radius 3 is 2.38 bits per heavy atom. The zero-order valence-electron chi connectivity index (χ0n) is 12.4. The quantitative estimate of drug-likeness (QED) is 0.793. The van der Waals surface area contributed by atoms with Crippen LogP contribution in [0.3, 0.4) is 0 Å². The van der Waals surface area contributed by atoms with E-state index >= 15 is 0 Å². The Hall–Kier alpha value is -0.430. The van der Waals surface area contributed by atoms with Gasteiger partial charge >= 0.3 is 0 Å². The van der Waals surface area contributed by atoms with Crippen molar-refractivity contribution in [3.8, 4) is 0 Å². The first-order valence-electron chi connectivity index (χ1n) is 7.17. The summed E-state index contributed by atoms with van der Waals surface area (Å²) in [6.45, 7) is 4.87. The van der Waals surface area contributed by atoms with Crippen LogP contribution in [-0.2, 0) is 14.6 Å². The zero-order valence-corrected chi connectivity index (χ0v) is 14.8.